The number of benzene rings is 1. The molecule has 2 aromatic rings. The lowest BCUT2D eigenvalue weighted by atomic mass is 9.97. The fraction of sp³-hybridized carbons (Fsp3) is 0.690. The van der Waals surface area contributed by atoms with E-state index in [4.69, 9.17) is 9.84 Å². The van der Waals surface area contributed by atoms with Crippen molar-refractivity contribution in [1.29, 1.82) is 0 Å². The van der Waals surface area contributed by atoms with Crippen molar-refractivity contribution >= 4 is 22.7 Å². The van der Waals surface area contributed by atoms with Crippen LogP contribution >= 0.6 is 0 Å². The van der Waals surface area contributed by atoms with Gasteiger partial charge in [-0.25, -0.2) is 0 Å². The van der Waals surface area contributed by atoms with Gasteiger partial charge in [0.15, 0.2) is 5.69 Å². The number of piperidine rings is 1. The fourth-order valence-electron chi connectivity index (χ4n) is 7.09. The minimum Gasteiger partial charge on any atom is -0.368 e. The van der Waals surface area contributed by atoms with Gasteiger partial charge >= 0.3 is 0 Å². The average Bonchev–Trinajstić information content (AvgIpc) is 3.64. The third kappa shape index (κ3) is 5.08. The van der Waals surface area contributed by atoms with Gasteiger partial charge in [0.05, 0.1) is 5.52 Å². The zero-order chi connectivity index (χ0) is 26.2. The summed E-state index contributed by atoms with van der Waals surface area (Å²) in [7, 11) is 0. The van der Waals surface area contributed by atoms with Gasteiger partial charge in [-0.2, -0.15) is 5.10 Å². The Hall–Kier alpha value is -2.49. The standard InChI is InChI=1S/C29H42N6O3/c1-20(2)35-25-7-4-3-6-24(25)27(31-35)28(36)30-21-18-22-9-10-23(19-21)34(22)16-13-32-11-14-33(15-12-32)29(37)26-8-5-17-38-26/h3-4,6-7,20-23,26H,5,8-19H2,1-2H3,(H,30,36)/t21?,22-,23+,26?. The van der Waals surface area contributed by atoms with Crippen LogP contribution in [0.3, 0.4) is 0 Å². The number of nitrogens with zero attached hydrogens (tertiary/aromatic N) is 5. The van der Waals surface area contributed by atoms with Crippen LogP contribution in [0.5, 0.6) is 0 Å². The number of nitrogens with one attached hydrogen (secondary N) is 1. The van der Waals surface area contributed by atoms with Crippen LogP contribution in [0.1, 0.15) is 68.9 Å². The van der Waals surface area contributed by atoms with E-state index in [9.17, 15) is 9.59 Å². The number of carbonyl (C=O) groups is 2. The first-order valence-corrected chi connectivity index (χ1v) is 14.6. The summed E-state index contributed by atoms with van der Waals surface area (Å²) >= 11 is 0. The van der Waals surface area contributed by atoms with Crippen LogP contribution in [0.15, 0.2) is 24.3 Å². The highest BCUT2D eigenvalue weighted by Crippen LogP contribution is 2.36. The van der Waals surface area contributed by atoms with Gasteiger partial charge in [0.2, 0.25) is 0 Å². The number of rotatable bonds is 7. The first-order valence-electron chi connectivity index (χ1n) is 14.6. The van der Waals surface area contributed by atoms with E-state index in [1.807, 2.05) is 33.8 Å². The monoisotopic (exact) mass is 522 g/mol. The van der Waals surface area contributed by atoms with Crippen molar-refractivity contribution in [1.82, 2.24) is 29.8 Å². The van der Waals surface area contributed by atoms with Crippen LogP contribution in [0, 0.1) is 0 Å². The van der Waals surface area contributed by atoms with Crippen LogP contribution in [-0.2, 0) is 9.53 Å². The van der Waals surface area contributed by atoms with E-state index in [0.29, 0.717) is 17.8 Å². The quantitative estimate of drug-likeness (QED) is 0.602. The van der Waals surface area contributed by atoms with E-state index >= 15 is 0 Å². The number of aromatic nitrogens is 2. The molecule has 1 aromatic heterocycles. The normalized spacial score (nSPS) is 28.4. The predicted octanol–water partition coefficient (Wildman–Crippen LogP) is 2.67. The summed E-state index contributed by atoms with van der Waals surface area (Å²) in [6.07, 6.45) is 6.11. The molecule has 1 N–H and O–H groups in total. The number of fused-ring (bicyclic) bond motifs is 3. The lowest BCUT2D eigenvalue weighted by Gasteiger charge is -2.41. The molecule has 4 aliphatic heterocycles. The Morgan fingerprint density at radius 3 is 2.45 bits per heavy atom. The number of para-hydroxylation sites is 1. The molecular formula is C29H42N6O3. The van der Waals surface area contributed by atoms with Gasteiger partial charge in [-0.3, -0.25) is 24.1 Å². The van der Waals surface area contributed by atoms with Crippen LogP contribution in [0.25, 0.3) is 10.9 Å². The molecule has 0 radical (unpaired) electrons. The highest BCUT2D eigenvalue weighted by atomic mass is 16.5. The molecule has 1 aromatic carbocycles. The molecule has 206 valence electrons. The molecule has 4 atom stereocenters. The number of carbonyl (C=O) groups excluding carboxylic acids is 2. The Bertz CT molecular complexity index is 1140. The van der Waals surface area contributed by atoms with Gasteiger partial charge in [-0.05, 0) is 58.4 Å². The number of hydrogen-bond donors (Lipinski definition) is 1. The first-order chi connectivity index (χ1) is 18.5. The van der Waals surface area contributed by atoms with Crippen molar-refractivity contribution in [2.24, 2.45) is 0 Å². The zero-order valence-electron chi connectivity index (χ0n) is 22.8. The Balaban J connectivity index is 0.999. The molecule has 9 heteroatoms. The lowest BCUT2D eigenvalue weighted by molar-refractivity contribution is -0.142. The van der Waals surface area contributed by atoms with E-state index in [2.05, 4.69) is 29.0 Å². The van der Waals surface area contributed by atoms with E-state index < -0.39 is 0 Å². The zero-order valence-corrected chi connectivity index (χ0v) is 22.8. The molecule has 6 rings (SSSR count). The molecule has 0 spiro atoms. The van der Waals surface area contributed by atoms with E-state index in [1.54, 1.807) is 0 Å². The molecule has 0 saturated carbocycles. The molecule has 2 amide bonds. The molecule has 0 aliphatic carbocycles. The van der Waals surface area contributed by atoms with Gasteiger partial charge < -0.3 is 15.0 Å². The average molecular weight is 523 g/mol. The maximum Gasteiger partial charge on any atom is 0.272 e. The first kappa shape index (κ1) is 25.8. The third-order valence-electron chi connectivity index (χ3n) is 9.10. The molecule has 9 nitrogen and oxygen atoms in total. The maximum absolute atomic E-state index is 13.3. The molecule has 5 heterocycles. The molecule has 4 fully saturated rings. The van der Waals surface area contributed by atoms with E-state index in [1.165, 1.54) is 12.8 Å². The van der Waals surface area contributed by atoms with Crippen LogP contribution in [-0.4, -0.2) is 106 Å². The number of amides is 2. The molecule has 38 heavy (non-hydrogen) atoms. The highest BCUT2D eigenvalue weighted by molar-refractivity contribution is 6.05. The van der Waals surface area contributed by atoms with Gasteiger partial charge in [0, 0.05) is 75.4 Å². The highest BCUT2D eigenvalue weighted by Gasteiger charge is 2.41. The topological polar surface area (TPSA) is 82.9 Å². The summed E-state index contributed by atoms with van der Waals surface area (Å²) in [4.78, 5) is 33.2. The minimum absolute atomic E-state index is 0.0473. The Morgan fingerprint density at radius 2 is 1.76 bits per heavy atom. The van der Waals surface area contributed by atoms with Crippen molar-refractivity contribution in [3.63, 3.8) is 0 Å². The minimum atomic E-state index is -0.205. The second kappa shape index (κ2) is 10.9. The maximum atomic E-state index is 13.3. The third-order valence-corrected chi connectivity index (χ3v) is 9.10. The second-order valence-electron chi connectivity index (χ2n) is 11.8. The smallest absolute Gasteiger partial charge is 0.272 e. The Morgan fingerprint density at radius 1 is 1.03 bits per heavy atom. The summed E-state index contributed by atoms with van der Waals surface area (Å²) < 4.78 is 7.55. The SMILES string of the molecule is CC(C)n1nc(C(=O)NC2C[C@H]3CC[C@@H](C2)N3CCN2CCN(C(=O)C3CCCO3)CC2)c2ccccc21. The van der Waals surface area contributed by atoms with Crippen molar-refractivity contribution < 1.29 is 14.3 Å². The molecule has 4 aliphatic rings. The fourth-order valence-corrected chi connectivity index (χ4v) is 7.09. The van der Waals surface area contributed by atoms with Crippen LogP contribution < -0.4 is 5.32 Å². The van der Waals surface area contributed by atoms with Crippen molar-refractivity contribution in [2.75, 3.05) is 45.9 Å². The second-order valence-corrected chi connectivity index (χ2v) is 11.8. The summed E-state index contributed by atoms with van der Waals surface area (Å²) in [5, 5.41) is 8.97. The van der Waals surface area contributed by atoms with Crippen molar-refractivity contribution in [3.8, 4) is 0 Å². The number of piperazine rings is 1. The Labute approximate surface area is 225 Å². The van der Waals surface area contributed by atoms with Crippen LogP contribution in [0.4, 0.5) is 0 Å². The van der Waals surface area contributed by atoms with Crippen LogP contribution in [0.2, 0.25) is 0 Å². The van der Waals surface area contributed by atoms with Gasteiger partial charge in [-0.15, -0.1) is 0 Å². The molecular weight excluding hydrogens is 480 g/mol. The number of hydrogen-bond acceptors (Lipinski definition) is 6. The lowest BCUT2D eigenvalue weighted by Crippen LogP contribution is -2.55. The molecule has 2 unspecified atom stereocenters. The largest absolute Gasteiger partial charge is 0.368 e. The van der Waals surface area contributed by atoms with Gasteiger partial charge in [0.25, 0.3) is 11.8 Å². The summed E-state index contributed by atoms with van der Waals surface area (Å²) in [5.41, 5.74) is 1.56. The number of ether oxygens (including phenoxy) is 1. The van der Waals surface area contributed by atoms with Gasteiger partial charge in [0.1, 0.15) is 6.10 Å². The Kier molecular flexibility index (Phi) is 7.42. The van der Waals surface area contributed by atoms with Crippen molar-refractivity contribution in [2.45, 2.75) is 82.6 Å². The van der Waals surface area contributed by atoms with Gasteiger partial charge in [-0.1, -0.05) is 18.2 Å². The molecule has 4 saturated heterocycles. The summed E-state index contributed by atoms with van der Waals surface area (Å²) in [6.45, 7) is 10.5. The summed E-state index contributed by atoms with van der Waals surface area (Å²) in [5.74, 6) is 0.141. The molecule has 2 bridgehead atoms. The predicted molar refractivity (Wildman–Crippen MR) is 146 cm³/mol. The van der Waals surface area contributed by atoms with E-state index in [0.717, 1.165) is 82.5 Å². The summed E-state index contributed by atoms with van der Waals surface area (Å²) in [6, 6.07) is 9.49. The van der Waals surface area contributed by atoms with Crippen molar-refractivity contribution in [3.05, 3.63) is 30.0 Å². The van der Waals surface area contributed by atoms with E-state index in [-0.39, 0.29) is 30.0 Å².